The molecule has 3 aliphatic heterocycles. The third-order valence-electron chi connectivity index (χ3n) is 6.44. The summed E-state index contributed by atoms with van der Waals surface area (Å²) in [5.74, 6) is 0.312. The monoisotopic (exact) mass is 430 g/mol. The van der Waals surface area contributed by atoms with Crippen molar-refractivity contribution in [3.05, 3.63) is 39.9 Å². The van der Waals surface area contributed by atoms with Crippen molar-refractivity contribution in [2.75, 3.05) is 37.6 Å². The minimum atomic E-state index is -0.130. The lowest BCUT2D eigenvalue weighted by molar-refractivity contribution is -0.133. The van der Waals surface area contributed by atoms with E-state index in [0.29, 0.717) is 17.3 Å². The summed E-state index contributed by atoms with van der Waals surface area (Å²) in [6.45, 7) is 5.63. The van der Waals surface area contributed by atoms with Gasteiger partial charge in [-0.1, -0.05) is 35.1 Å². The Labute approximate surface area is 179 Å². The van der Waals surface area contributed by atoms with Gasteiger partial charge in [-0.05, 0) is 30.0 Å². The van der Waals surface area contributed by atoms with Gasteiger partial charge < -0.3 is 14.7 Å². The Balaban J connectivity index is 1.51. The van der Waals surface area contributed by atoms with Crippen LogP contribution in [0.15, 0.2) is 24.4 Å². The van der Waals surface area contributed by atoms with Crippen LogP contribution in [-0.4, -0.2) is 59.3 Å². The van der Waals surface area contributed by atoms with E-state index in [9.17, 15) is 9.59 Å². The Morgan fingerprint density at radius 3 is 2.66 bits per heavy atom. The number of nitrogens with zero attached hydrogens (tertiary/aromatic N) is 4. The number of carbonyl (C=O) groups excluding carboxylic acids is 2. The Bertz CT molecular complexity index is 989. The van der Waals surface area contributed by atoms with Crippen LogP contribution in [0.3, 0.4) is 0 Å². The van der Waals surface area contributed by atoms with Crippen molar-refractivity contribution in [2.24, 2.45) is 0 Å². The zero-order valence-electron chi connectivity index (χ0n) is 16.4. The van der Waals surface area contributed by atoms with E-state index in [-0.39, 0.29) is 17.2 Å². The van der Waals surface area contributed by atoms with Gasteiger partial charge in [-0.2, -0.15) is 0 Å². The van der Waals surface area contributed by atoms with Crippen LogP contribution < -0.4 is 4.90 Å². The molecule has 6 nitrogen and oxygen atoms in total. The van der Waals surface area contributed by atoms with Crippen LogP contribution in [0.1, 0.15) is 30.9 Å². The van der Waals surface area contributed by atoms with Crippen LogP contribution >= 0.6 is 22.9 Å². The summed E-state index contributed by atoms with van der Waals surface area (Å²) in [6, 6.07) is 6.34. The summed E-state index contributed by atoms with van der Waals surface area (Å²) in [5, 5.41) is 0.874. The molecule has 0 radical (unpaired) electrons. The molecule has 1 spiro atoms. The fraction of sp³-hybridized carbons (Fsp3) is 0.476. The van der Waals surface area contributed by atoms with Gasteiger partial charge in [0.1, 0.15) is 4.34 Å². The van der Waals surface area contributed by atoms with Crippen LogP contribution in [0.4, 0.5) is 10.8 Å². The highest BCUT2D eigenvalue weighted by Crippen LogP contribution is 2.50. The molecule has 4 heterocycles. The van der Waals surface area contributed by atoms with Crippen molar-refractivity contribution in [2.45, 2.75) is 31.6 Å². The molecule has 152 valence electrons. The number of hydrogen-bond donors (Lipinski definition) is 0. The average Bonchev–Trinajstić information content (AvgIpc) is 3.32. The van der Waals surface area contributed by atoms with E-state index in [2.05, 4.69) is 28.1 Å². The molecule has 0 saturated carbocycles. The molecule has 1 atom stereocenters. The van der Waals surface area contributed by atoms with Crippen LogP contribution in [0.5, 0.6) is 0 Å². The van der Waals surface area contributed by atoms with Crippen LogP contribution in [-0.2, 0) is 21.4 Å². The largest absolute Gasteiger partial charge is 0.342 e. The Morgan fingerprint density at radius 1 is 1.21 bits per heavy atom. The molecule has 2 saturated heterocycles. The number of benzene rings is 1. The molecular weight excluding hydrogens is 408 g/mol. The predicted octanol–water partition coefficient (Wildman–Crippen LogP) is 3.21. The second kappa shape index (κ2) is 6.99. The maximum Gasteiger partial charge on any atom is 0.226 e. The SMILES string of the molecule is CC(=O)N1CCC2(C1)CN(c1ncc(Cl)s1)c1ccc(CC(=O)N3CCC3)cc12. The number of amides is 2. The van der Waals surface area contributed by atoms with Crippen molar-refractivity contribution >= 4 is 45.6 Å². The normalized spacial score (nSPS) is 22.9. The molecule has 1 unspecified atom stereocenters. The van der Waals surface area contributed by atoms with Crippen molar-refractivity contribution in [3.63, 3.8) is 0 Å². The molecule has 0 N–H and O–H groups in total. The molecule has 2 aromatic rings. The molecule has 0 bridgehead atoms. The number of likely N-dealkylation sites (tertiary alicyclic amines) is 2. The van der Waals surface area contributed by atoms with Gasteiger partial charge >= 0.3 is 0 Å². The number of fused-ring (bicyclic) bond motifs is 2. The first kappa shape index (κ1) is 18.9. The molecule has 0 aliphatic carbocycles. The molecule has 8 heteroatoms. The number of thiazole rings is 1. The fourth-order valence-electron chi connectivity index (χ4n) is 4.71. The summed E-state index contributed by atoms with van der Waals surface area (Å²) in [5.41, 5.74) is 3.25. The summed E-state index contributed by atoms with van der Waals surface area (Å²) in [7, 11) is 0. The summed E-state index contributed by atoms with van der Waals surface area (Å²) in [4.78, 5) is 35.0. The van der Waals surface area contributed by atoms with Gasteiger partial charge in [0.2, 0.25) is 11.8 Å². The van der Waals surface area contributed by atoms with E-state index in [1.165, 1.54) is 16.9 Å². The van der Waals surface area contributed by atoms with Crippen LogP contribution in [0.2, 0.25) is 4.34 Å². The standard InChI is InChI=1S/C21H23ClN4O2S/c1-14(27)25-8-5-21(12-25)13-26(20-23-11-18(22)29-20)17-4-3-15(9-16(17)21)10-19(28)24-6-2-7-24/h3-4,9,11H,2,5-8,10,12-13H2,1H3. The number of halogens is 1. The summed E-state index contributed by atoms with van der Waals surface area (Å²) in [6.07, 6.45) is 4.13. The first-order valence-electron chi connectivity index (χ1n) is 10.0. The molecule has 1 aromatic carbocycles. The number of anilines is 2. The molecule has 29 heavy (non-hydrogen) atoms. The molecule has 2 amide bonds. The minimum absolute atomic E-state index is 0.114. The molecule has 2 fully saturated rings. The lowest BCUT2D eigenvalue weighted by Crippen LogP contribution is -2.42. The Hall–Kier alpha value is -2.12. The highest BCUT2D eigenvalue weighted by Gasteiger charge is 2.48. The molecule has 1 aromatic heterocycles. The molecule has 3 aliphatic rings. The fourth-order valence-corrected chi connectivity index (χ4v) is 5.62. The lowest BCUT2D eigenvalue weighted by atomic mass is 9.81. The quantitative estimate of drug-likeness (QED) is 0.750. The second-order valence-corrected chi connectivity index (χ2v) is 9.91. The topological polar surface area (TPSA) is 56.8 Å². The van der Waals surface area contributed by atoms with Crippen LogP contribution in [0.25, 0.3) is 0 Å². The number of aromatic nitrogens is 1. The first-order chi connectivity index (χ1) is 13.9. The third-order valence-corrected chi connectivity index (χ3v) is 7.58. The van der Waals surface area contributed by atoms with E-state index in [1.54, 1.807) is 13.1 Å². The van der Waals surface area contributed by atoms with Gasteiger partial charge in [0.15, 0.2) is 5.13 Å². The van der Waals surface area contributed by atoms with Gasteiger partial charge in [-0.3, -0.25) is 9.59 Å². The van der Waals surface area contributed by atoms with Crippen molar-refractivity contribution in [3.8, 4) is 0 Å². The van der Waals surface area contributed by atoms with E-state index in [1.807, 2.05) is 9.80 Å². The highest BCUT2D eigenvalue weighted by atomic mass is 35.5. The average molecular weight is 431 g/mol. The van der Waals surface area contributed by atoms with E-state index >= 15 is 0 Å². The van der Waals surface area contributed by atoms with Crippen molar-refractivity contribution in [1.82, 2.24) is 14.8 Å². The van der Waals surface area contributed by atoms with Crippen molar-refractivity contribution < 1.29 is 9.59 Å². The number of hydrogen-bond acceptors (Lipinski definition) is 5. The van der Waals surface area contributed by atoms with Crippen molar-refractivity contribution in [1.29, 1.82) is 0 Å². The molecule has 5 rings (SSSR count). The maximum atomic E-state index is 12.5. The third kappa shape index (κ3) is 3.20. The predicted molar refractivity (Wildman–Crippen MR) is 114 cm³/mol. The van der Waals surface area contributed by atoms with Crippen LogP contribution in [0, 0.1) is 0 Å². The van der Waals surface area contributed by atoms with E-state index in [4.69, 9.17) is 11.6 Å². The number of rotatable bonds is 3. The minimum Gasteiger partial charge on any atom is -0.342 e. The highest BCUT2D eigenvalue weighted by molar-refractivity contribution is 7.19. The zero-order chi connectivity index (χ0) is 20.2. The second-order valence-electron chi connectivity index (χ2n) is 8.27. The first-order valence-corrected chi connectivity index (χ1v) is 11.2. The van der Waals surface area contributed by atoms with Gasteiger partial charge in [0, 0.05) is 50.7 Å². The van der Waals surface area contributed by atoms with E-state index < -0.39 is 0 Å². The zero-order valence-corrected chi connectivity index (χ0v) is 17.9. The van der Waals surface area contributed by atoms with Gasteiger partial charge in [0.25, 0.3) is 0 Å². The van der Waals surface area contributed by atoms with Gasteiger partial charge in [-0.25, -0.2) is 4.98 Å². The smallest absolute Gasteiger partial charge is 0.226 e. The Kier molecular flexibility index (Phi) is 4.55. The van der Waals surface area contributed by atoms with Gasteiger partial charge in [0.05, 0.1) is 12.6 Å². The summed E-state index contributed by atoms with van der Waals surface area (Å²) >= 11 is 7.61. The van der Waals surface area contributed by atoms with E-state index in [0.717, 1.165) is 55.4 Å². The number of carbonyl (C=O) groups is 2. The lowest BCUT2D eigenvalue weighted by Gasteiger charge is -2.31. The summed E-state index contributed by atoms with van der Waals surface area (Å²) < 4.78 is 0.663. The molecular formula is C21H23ClN4O2S. The maximum absolute atomic E-state index is 12.5. The van der Waals surface area contributed by atoms with Gasteiger partial charge in [-0.15, -0.1) is 0 Å². The Morgan fingerprint density at radius 2 is 2.03 bits per heavy atom.